The molecular weight excluding hydrogens is 444 g/mol. The van der Waals surface area contributed by atoms with Crippen molar-refractivity contribution >= 4 is 23.6 Å². The number of carbonyl (C=O) groups is 2. The molecule has 4 heterocycles. The summed E-state index contributed by atoms with van der Waals surface area (Å²) in [6.45, 7) is 2.30. The Morgan fingerprint density at radius 1 is 0.971 bits per heavy atom. The highest BCUT2D eigenvalue weighted by atomic mass is 16.5. The van der Waals surface area contributed by atoms with E-state index < -0.39 is 5.41 Å². The average molecular weight is 483 g/mol. The number of fused-ring (bicyclic) bond motifs is 1. The van der Waals surface area contributed by atoms with Crippen molar-refractivity contribution in [1.82, 2.24) is 20.6 Å². The molecule has 5 aliphatic rings. The summed E-state index contributed by atoms with van der Waals surface area (Å²) in [6, 6.07) is 1.63. The van der Waals surface area contributed by atoms with Crippen molar-refractivity contribution in [2.45, 2.75) is 101 Å². The van der Waals surface area contributed by atoms with Crippen LogP contribution in [0.5, 0.6) is 0 Å². The predicted octanol–water partition coefficient (Wildman–Crippen LogP) is 2.31. The maximum Gasteiger partial charge on any atom is 0.244 e. The van der Waals surface area contributed by atoms with E-state index in [0.717, 1.165) is 88.8 Å². The van der Waals surface area contributed by atoms with Crippen LogP contribution in [0.15, 0.2) is 6.20 Å². The van der Waals surface area contributed by atoms with E-state index >= 15 is 0 Å². The Morgan fingerprint density at radius 3 is 2.40 bits per heavy atom. The van der Waals surface area contributed by atoms with Crippen LogP contribution in [-0.4, -0.2) is 65.7 Å². The second-order valence-corrected chi connectivity index (χ2v) is 11.2. The summed E-state index contributed by atoms with van der Waals surface area (Å²) in [5, 5.41) is 10.3. The van der Waals surface area contributed by atoms with Crippen molar-refractivity contribution < 1.29 is 14.3 Å². The molecule has 9 heteroatoms. The molecule has 0 aromatic carbocycles. The average Bonchev–Trinajstić information content (AvgIpc) is 3.53. The topological polar surface area (TPSA) is 108 Å². The molecule has 2 saturated heterocycles. The van der Waals surface area contributed by atoms with Gasteiger partial charge in [0.2, 0.25) is 17.8 Å². The van der Waals surface area contributed by atoms with Crippen molar-refractivity contribution in [3.05, 3.63) is 11.8 Å². The summed E-state index contributed by atoms with van der Waals surface area (Å²) in [6.07, 6.45) is 13.7. The zero-order valence-corrected chi connectivity index (χ0v) is 20.6. The van der Waals surface area contributed by atoms with Crippen LogP contribution in [0.4, 0.5) is 11.8 Å². The fraction of sp³-hybridized carbons (Fsp3) is 0.769. The number of nitrogens with one attached hydrogen (secondary N) is 3. The number of hydrogen-bond acceptors (Lipinski definition) is 7. The van der Waals surface area contributed by atoms with Crippen LogP contribution >= 0.6 is 0 Å². The number of carbonyl (C=O) groups excluding carboxylic acids is 2. The van der Waals surface area contributed by atoms with Crippen molar-refractivity contribution in [1.29, 1.82) is 0 Å². The van der Waals surface area contributed by atoms with E-state index in [2.05, 4.69) is 20.9 Å². The lowest BCUT2D eigenvalue weighted by Gasteiger charge is -2.41. The first-order valence-electron chi connectivity index (χ1n) is 13.7. The van der Waals surface area contributed by atoms with Crippen molar-refractivity contribution in [3.8, 4) is 0 Å². The SMILES string of the molecule is O=C1NCC[C@@]12Cc1cnc(NC3CCC(NC4CCOCC4)CC3)nc1N(C1CCCC1)C2=O. The molecule has 190 valence electrons. The lowest BCUT2D eigenvalue weighted by Crippen LogP contribution is -2.56. The zero-order valence-electron chi connectivity index (χ0n) is 20.6. The largest absolute Gasteiger partial charge is 0.381 e. The molecule has 0 bridgehead atoms. The minimum atomic E-state index is -0.982. The minimum absolute atomic E-state index is 0.0590. The molecular formula is C26H38N6O3. The number of ether oxygens (including phenoxy) is 1. The third-order valence-electron chi connectivity index (χ3n) is 8.91. The molecule has 1 aromatic heterocycles. The quantitative estimate of drug-likeness (QED) is 0.553. The van der Waals surface area contributed by atoms with E-state index in [0.29, 0.717) is 43.5 Å². The van der Waals surface area contributed by atoms with E-state index in [1.54, 1.807) is 0 Å². The molecule has 3 N–H and O–H groups in total. The van der Waals surface area contributed by atoms with Crippen LogP contribution in [0.25, 0.3) is 0 Å². The number of aromatic nitrogens is 2. The minimum Gasteiger partial charge on any atom is -0.381 e. The summed E-state index contributed by atoms with van der Waals surface area (Å²) < 4.78 is 5.48. The maximum atomic E-state index is 13.8. The molecule has 35 heavy (non-hydrogen) atoms. The molecule has 2 aliphatic carbocycles. The Bertz CT molecular complexity index is 952. The van der Waals surface area contributed by atoms with Gasteiger partial charge in [-0.3, -0.25) is 14.5 Å². The van der Waals surface area contributed by atoms with Gasteiger partial charge in [0.25, 0.3) is 0 Å². The van der Waals surface area contributed by atoms with E-state index in [4.69, 9.17) is 9.72 Å². The van der Waals surface area contributed by atoms with E-state index in [-0.39, 0.29) is 17.9 Å². The highest BCUT2D eigenvalue weighted by Gasteiger charge is 2.56. The predicted molar refractivity (Wildman–Crippen MR) is 132 cm³/mol. The second-order valence-electron chi connectivity index (χ2n) is 11.2. The van der Waals surface area contributed by atoms with Gasteiger partial charge in [0.15, 0.2) is 0 Å². The van der Waals surface area contributed by atoms with Crippen LogP contribution in [0, 0.1) is 5.41 Å². The number of amides is 2. The maximum absolute atomic E-state index is 13.8. The monoisotopic (exact) mass is 482 g/mol. The first-order chi connectivity index (χ1) is 17.1. The summed E-state index contributed by atoms with van der Waals surface area (Å²) >= 11 is 0. The molecule has 3 aliphatic heterocycles. The van der Waals surface area contributed by atoms with Gasteiger partial charge in [-0.2, -0.15) is 4.98 Å². The first-order valence-corrected chi connectivity index (χ1v) is 13.7. The number of nitrogens with zero attached hydrogens (tertiary/aromatic N) is 3. The Labute approximate surface area is 207 Å². The second kappa shape index (κ2) is 9.65. The summed E-state index contributed by atoms with van der Waals surface area (Å²) in [7, 11) is 0. The highest BCUT2D eigenvalue weighted by molar-refractivity contribution is 6.14. The van der Waals surface area contributed by atoms with Gasteiger partial charge in [-0.25, -0.2) is 4.98 Å². The van der Waals surface area contributed by atoms with Gasteiger partial charge in [0.1, 0.15) is 11.2 Å². The molecule has 4 fully saturated rings. The molecule has 1 aromatic rings. The van der Waals surface area contributed by atoms with Crippen molar-refractivity contribution in [2.75, 3.05) is 30.0 Å². The van der Waals surface area contributed by atoms with Gasteiger partial charge in [-0.1, -0.05) is 12.8 Å². The molecule has 9 nitrogen and oxygen atoms in total. The fourth-order valence-electron chi connectivity index (χ4n) is 6.86. The van der Waals surface area contributed by atoms with Gasteiger partial charge in [0.05, 0.1) is 0 Å². The van der Waals surface area contributed by atoms with Gasteiger partial charge in [-0.05, 0) is 57.8 Å². The van der Waals surface area contributed by atoms with Gasteiger partial charge < -0.3 is 20.7 Å². The summed E-state index contributed by atoms with van der Waals surface area (Å²) in [5.74, 6) is 1.13. The van der Waals surface area contributed by atoms with E-state index in [9.17, 15) is 9.59 Å². The van der Waals surface area contributed by atoms with E-state index in [1.807, 2.05) is 11.1 Å². The first kappa shape index (κ1) is 23.2. The Balaban J connectivity index is 1.16. The van der Waals surface area contributed by atoms with Crippen LogP contribution in [0.3, 0.4) is 0 Å². The van der Waals surface area contributed by atoms with E-state index in [1.165, 1.54) is 0 Å². The molecule has 0 unspecified atom stereocenters. The Kier molecular flexibility index (Phi) is 6.39. The molecule has 2 saturated carbocycles. The number of hydrogen-bond donors (Lipinski definition) is 3. The standard InChI is InChI=1S/C26H38N6O3/c33-23-26(11-12-27-23)15-17-16-28-25(31-22(17)32(24(26)34)21-3-1-2-4-21)30-19-7-5-18(6-8-19)29-20-9-13-35-14-10-20/h16,18-21,29H,1-15H2,(H,27,33)(H,28,30,31)/t18?,19?,26-/m1/s1. The number of anilines is 2. The summed E-state index contributed by atoms with van der Waals surface area (Å²) in [4.78, 5) is 38.0. The van der Waals surface area contributed by atoms with Gasteiger partial charge >= 0.3 is 0 Å². The van der Waals surface area contributed by atoms with Gasteiger partial charge in [-0.15, -0.1) is 0 Å². The number of rotatable bonds is 5. The smallest absolute Gasteiger partial charge is 0.244 e. The van der Waals surface area contributed by atoms with Crippen molar-refractivity contribution in [3.63, 3.8) is 0 Å². The normalized spacial score (nSPS) is 32.2. The molecule has 1 spiro atoms. The molecule has 1 atom stereocenters. The fourth-order valence-corrected chi connectivity index (χ4v) is 6.86. The highest BCUT2D eigenvalue weighted by Crippen LogP contribution is 2.44. The van der Waals surface area contributed by atoms with Crippen LogP contribution in [0.2, 0.25) is 0 Å². The van der Waals surface area contributed by atoms with Crippen molar-refractivity contribution in [2.24, 2.45) is 5.41 Å². The molecule has 0 radical (unpaired) electrons. The van der Waals surface area contributed by atoms with Crippen LogP contribution < -0.4 is 20.9 Å². The van der Waals surface area contributed by atoms with Crippen LogP contribution in [-0.2, 0) is 20.7 Å². The lowest BCUT2D eigenvalue weighted by molar-refractivity contribution is -0.140. The van der Waals surface area contributed by atoms with Gasteiger partial charge in [0, 0.05) is 62.1 Å². The molecule has 2 amide bonds. The Morgan fingerprint density at radius 2 is 1.69 bits per heavy atom. The molecule has 6 rings (SSSR count). The zero-order chi connectivity index (χ0) is 23.8. The third-order valence-corrected chi connectivity index (χ3v) is 8.91. The Hall–Kier alpha value is -2.26. The summed E-state index contributed by atoms with van der Waals surface area (Å²) in [5.41, 5.74) is -0.0625. The third kappa shape index (κ3) is 4.42. The lowest BCUT2D eigenvalue weighted by atomic mass is 9.76. The van der Waals surface area contributed by atoms with Crippen LogP contribution in [0.1, 0.15) is 76.2 Å².